The zero-order chi connectivity index (χ0) is 16.4. The van der Waals surface area contributed by atoms with Crippen LogP contribution >= 0.6 is 0 Å². The standard InChI is InChI=1S/C18H16FNO3/c1-18(10-13-4-2-3-5-15(13)16(21)23-18)17(22)20-11-12-6-8-14(19)9-7-12/h2-9H,10-11H2,1H3,(H,20,22)/t18-/m1/s1. The summed E-state index contributed by atoms with van der Waals surface area (Å²) in [5.74, 6) is -1.19. The molecule has 1 amide bonds. The SMILES string of the molecule is C[C@]1(C(=O)NCc2ccc(F)cc2)Cc2ccccc2C(=O)O1. The summed E-state index contributed by atoms with van der Waals surface area (Å²) in [4.78, 5) is 24.5. The number of fused-ring (bicyclic) bond motifs is 1. The van der Waals surface area contributed by atoms with Crippen LogP contribution in [0.25, 0.3) is 0 Å². The van der Waals surface area contributed by atoms with Gasteiger partial charge in [0.25, 0.3) is 5.91 Å². The summed E-state index contributed by atoms with van der Waals surface area (Å²) in [5.41, 5.74) is 0.816. The Hall–Kier alpha value is -2.69. The zero-order valence-corrected chi connectivity index (χ0v) is 12.6. The highest BCUT2D eigenvalue weighted by atomic mass is 19.1. The van der Waals surface area contributed by atoms with E-state index in [1.165, 1.54) is 12.1 Å². The summed E-state index contributed by atoms with van der Waals surface area (Å²) in [6, 6.07) is 13.0. The van der Waals surface area contributed by atoms with Gasteiger partial charge in [-0.1, -0.05) is 30.3 Å². The number of hydrogen-bond acceptors (Lipinski definition) is 3. The van der Waals surface area contributed by atoms with Crippen LogP contribution in [0, 0.1) is 5.82 Å². The Bertz CT molecular complexity index is 757. The average Bonchev–Trinajstić information content (AvgIpc) is 2.54. The minimum atomic E-state index is -1.24. The molecule has 0 aliphatic carbocycles. The smallest absolute Gasteiger partial charge is 0.339 e. The van der Waals surface area contributed by atoms with Gasteiger partial charge in [-0.05, 0) is 36.2 Å². The second-order valence-electron chi connectivity index (χ2n) is 5.76. The molecular weight excluding hydrogens is 297 g/mol. The predicted octanol–water partition coefficient (Wildman–Crippen LogP) is 2.61. The summed E-state index contributed by atoms with van der Waals surface area (Å²) in [5, 5.41) is 2.74. The maximum Gasteiger partial charge on any atom is 0.339 e. The highest BCUT2D eigenvalue weighted by Crippen LogP contribution is 2.28. The average molecular weight is 313 g/mol. The number of carbonyl (C=O) groups excluding carboxylic acids is 2. The maximum absolute atomic E-state index is 12.9. The summed E-state index contributed by atoms with van der Waals surface area (Å²) < 4.78 is 18.2. The van der Waals surface area contributed by atoms with Crippen LogP contribution in [-0.2, 0) is 22.5 Å². The van der Waals surface area contributed by atoms with Gasteiger partial charge in [0.15, 0.2) is 5.60 Å². The fourth-order valence-electron chi connectivity index (χ4n) is 2.63. The first kappa shape index (κ1) is 15.2. The molecule has 1 aliphatic heterocycles. The van der Waals surface area contributed by atoms with Crippen molar-refractivity contribution in [1.29, 1.82) is 0 Å². The largest absolute Gasteiger partial charge is 0.445 e. The Morgan fingerprint density at radius 2 is 1.91 bits per heavy atom. The molecule has 23 heavy (non-hydrogen) atoms. The van der Waals surface area contributed by atoms with Crippen LogP contribution < -0.4 is 5.32 Å². The lowest BCUT2D eigenvalue weighted by Crippen LogP contribution is -2.51. The monoisotopic (exact) mass is 313 g/mol. The molecule has 1 aliphatic rings. The van der Waals surface area contributed by atoms with E-state index in [9.17, 15) is 14.0 Å². The highest BCUT2D eigenvalue weighted by Gasteiger charge is 2.42. The highest BCUT2D eigenvalue weighted by molar-refractivity contribution is 5.97. The van der Waals surface area contributed by atoms with Crippen LogP contribution in [0.2, 0.25) is 0 Å². The molecule has 0 aromatic heterocycles. The number of nitrogens with one attached hydrogen (secondary N) is 1. The van der Waals surface area contributed by atoms with Crippen molar-refractivity contribution < 1.29 is 18.7 Å². The van der Waals surface area contributed by atoms with Crippen molar-refractivity contribution in [2.45, 2.75) is 25.5 Å². The molecule has 2 aromatic rings. The first-order valence-electron chi connectivity index (χ1n) is 7.32. The molecule has 0 saturated heterocycles. The van der Waals surface area contributed by atoms with Gasteiger partial charge in [-0.2, -0.15) is 0 Å². The van der Waals surface area contributed by atoms with Crippen molar-refractivity contribution in [3.8, 4) is 0 Å². The molecule has 118 valence electrons. The van der Waals surface area contributed by atoms with Gasteiger partial charge < -0.3 is 10.1 Å². The molecular formula is C18H16FNO3. The van der Waals surface area contributed by atoms with Gasteiger partial charge >= 0.3 is 5.97 Å². The van der Waals surface area contributed by atoms with Crippen LogP contribution in [0.3, 0.4) is 0 Å². The van der Waals surface area contributed by atoms with Crippen molar-refractivity contribution in [1.82, 2.24) is 5.32 Å². The normalized spacial score (nSPS) is 19.7. The molecule has 5 heteroatoms. The fraction of sp³-hybridized carbons (Fsp3) is 0.222. The molecule has 1 heterocycles. The number of amides is 1. The van der Waals surface area contributed by atoms with E-state index in [1.54, 1.807) is 31.2 Å². The number of cyclic esters (lactones) is 1. The van der Waals surface area contributed by atoms with Gasteiger partial charge in [-0.25, -0.2) is 9.18 Å². The summed E-state index contributed by atoms with van der Waals surface area (Å²) in [6.45, 7) is 1.84. The lowest BCUT2D eigenvalue weighted by Gasteiger charge is -2.33. The number of halogens is 1. The first-order valence-corrected chi connectivity index (χ1v) is 7.32. The summed E-state index contributed by atoms with van der Waals surface area (Å²) in [6.07, 6.45) is 0.324. The van der Waals surface area contributed by atoms with E-state index in [0.717, 1.165) is 11.1 Å². The molecule has 2 aromatic carbocycles. The van der Waals surface area contributed by atoms with Crippen LogP contribution in [-0.4, -0.2) is 17.5 Å². The predicted molar refractivity (Wildman–Crippen MR) is 82.2 cm³/mol. The van der Waals surface area contributed by atoms with Crippen molar-refractivity contribution in [2.75, 3.05) is 0 Å². The third-order valence-corrected chi connectivity index (χ3v) is 3.93. The Morgan fingerprint density at radius 3 is 2.65 bits per heavy atom. The van der Waals surface area contributed by atoms with Crippen LogP contribution in [0.5, 0.6) is 0 Å². The molecule has 1 atom stereocenters. The van der Waals surface area contributed by atoms with Crippen molar-refractivity contribution >= 4 is 11.9 Å². The van der Waals surface area contributed by atoms with E-state index in [-0.39, 0.29) is 18.3 Å². The number of rotatable bonds is 3. The van der Waals surface area contributed by atoms with E-state index < -0.39 is 11.6 Å². The first-order chi connectivity index (χ1) is 11.0. The Balaban J connectivity index is 1.72. The fourth-order valence-corrected chi connectivity index (χ4v) is 2.63. The van der Waals surface area contributed by atoms with E-state index in [0.29, 0.717) is 12.0 Å². The Morgan fingerprint density at radius 1 is 1.22 bits per heavy atom. The van der Waals surface area contributed by atoms with Gasteiger partial charge in [-0.15, -0.1) is 0 Å². The second-order valence-corrected chi connectivity index (χ2v) is 5.76. The quantitative estimate of drug-likeness (QED) is 0.886. The van der Waals surface area contributed by atoms with E-state index in [2.05, 4.69) is 5.32 Å². The number of hydrogen-bond donors (Lipinski definition) is 1. The minimum absolute atomic E-state index is 0.244. The Labute approximate surface area is 133 Å². The van der Waals surface area contributed by atoms with E-state index in [1.807, 2.05) is 12.1 Å². The van der Waals surface area contributed by atoms with Gasteiger partial charge in [0.1, 0.15) is 5.82 Å². The number of benzene rings is 2. The van der Waals surface area contributed by atoms with Gasteiger partial charge in [0, 0.05) is 13.0 Å². The topological polar surface area (TPSA) is 55.4 Å². The van der Waals surface area contributed by atoms with E-state index in [4.69, 9.17) is 4.74 Å². The van der Waals surface area contributed by atoms with Gasteiger partial charge in [0.05, 0.1) is 5.56 Å². The molecule has 0 fully saturated rings. The molecule has 0 spiro atoms. The maximum atomic E-state index is 12.9. The summed E-state index contributed by atoms with van der Waals surface area (Å²) in [7, 11) is 0. The molecule has 4 nitrogen and oxygen atoms in total. The molecule has 0 radical (unpaired) electrons. The summed E-state index contributed by atoms with van der Waals surface area (Å²) >= 11 is 0. The van der Waals surface area contributed by atoms with E-state index >= 15 is 0 Å². The molecule has 0 unspecified atom stereocenters. The molecule has 0 saturated carbocycles. The number of ether oxygens (including phenoxy) is 1. The van der Waals surface area contributed by atoms with Crippen molar-refractivity contribution in [3.63, 3.8) is 0 Å². The van der Waals surface area contributed by atoms with Gasteiger partial charge in [-0.3, -0.25) is 4.79 Å². The molecule has 1 N–H and O–H groups in total. The van der Waals surface area contributed by atoms with Crippen LogP contribution in [0.15, 0.2) is 48.5 Å². The van der Waals surface area contributed by atoms with Crippen LogP contribution in [0.1, 0.15) is 28.4 Å². The third kappa shape index (κ3) is 3.08. The second kappa shape index (κ2) is 5.83. The van der Waals surface area contributed by atoms with Gasteiger partial charge in [0.2, 0.25) is 0 Å². The molecule has 0 bridgehead atoms. The Kier molecular flexibility index (Phi) is 3.86. The van der Waals surface area contributed by atoms with Crippen molar-refractivity contribution in [3.05, 3.63) is 71.0 Å². The lowest BCUT2D eigenvalue weighted by molar-refractivity contribution is -0.139. The van der Waals surface area contributed by atoms with Crippen LogP contribution in [0.4, 0.5) is 4.39 Å². The lowest BCUT2D eigenvalue weighted by atomic mass is 9.89. The number of esters is 1. The molecule has 3 rings (SSSR count). The minimum Gasteiger partial charge on any atom is -0.445 e. The van der Waals surface area contributed by atoms with Crippen molar-refractivity contribution in [2.24, 2.45) is 0 Å². The zero-order valence-electron chi connectivity index (χ0n) is 12.6. The third-order valence-electron chi connectivity index (χ3n) is 3.93. The number of carbonyl (C=O) groups is 2.